The minimum Gasteiger partial charge on any atom is -0.497 e. The van der Waals surface area contributed by atoms with Gasteiger partial charge in [0.25, 0.3) is 5.91 Å². The van der Waals surface area contributed by atoms with E-state index in [1.807, 2.05) is 12.1 Å². The molecule has 3 saturated heterocycles. The molecule has 4 N–H and O–H groups in total. The van der Waals surface area contributed by atoms with Crippen LogP contribution in [0.15, 0.2) is 42.5 Å². The van der Waals surface area contributed by atoms with Crippen LogP contribution in [-0.4, -0.2) is 104 Å². The van der Waals surface area contributed by atoms with Gasteiger partial charge in [0.15, 0.2) is 17.3 Å². The number of nitriles is 1. The second-order valence-corrected chi connectivity index (χ2v) is 12.3. The Kier molecular flexibility index (Phi) is 9.82. The van der Waals surface area contributed by atoms with Crippen molar-refractivity contribution in [1.82, 2.24) is 19.8 Å². The van der Waals surface area contributed by atoms with Gasteiger partial charge in [-0.3, -0.25) is 9.69 Å². The highest BCUT2D eigenvalue weighted by Gasteiger charge is 2.27. The predicted octanol–water partition coefficient (Wildman–Crippen LogP) is 3.67. The van der Waals surface area contributed by atoms with Gasteiger partial charge in [-0.05, 0) is 75.2 Å². The number of nitrogens with one attached hydrogen (secondary N) is 2. The molecular weight excluding hydrogens is 582 g/mol. The Labute approximate surface area is 270 Å². The molecule has 4 heterocycles. The van der Waals surface area contributed by atoms with Gasteiger partial charge in [-0.1, -0.05) is 0 Å². The van der Waals surface area contributed by atoms with Crippen LogP contribution in [0.5, 0.6) is 5.75 Å². The zero-order valence-corrected chi connectivity index (χ0v) is 26.7. The zero-order chi connectivity index (χ0) is 32.0. The van der Waals surface area contributed by atoms with Crippen LogP contribution in [0.3, 0.4) is 0 Å². The number of nitrogens with two attached hydrogens (primary N) is 1. The standard InChI is InChI=1S/C34H43N9O3/c1-41-15-17-43(18-16-41)27-9-13-42(14-10-27)26-6-4-24(5-7-26)37-34-31(32(36)44)39-30(29-21-28(45-2)8-3-23(29)22-35)33(40-34)38-25-11-19-46-20-12-25/h3-8,21,25,27H,9-20H2,1-2H3,(H2,36,44)(H2,37,38,40). The maximum absolute atomic E-state index is 12.7. The molecule has 0 aliphatic carbocycles. The second kappa shape index (κ2) is 14.3. The number of likely N-dealkylation sites (N-methyl/N-ethyl adjacent to an activating group) is 1. The first-order valence-electron chi connectivity index (χ1n) is 16.1. The number of primary amides is 1. The molecule has 2 aromatic carbocycles. The lowest BCUT2D eigenvalue weighted by atomic mass is 10.0. The average molecular weight is 626 g/mol. The number of aromatic nitrogens is 2. The Morgan fingerprint density at radius 1 is 0.978 bits per heavy atom. The Morgan fingerprint density at radius 3 is 2.35 bits per heavy atom. The van der Waals surface area contributed by atoms with E-state index in [-0.39, 0.29) is 17.6 Å². The highest BCUT2D eigenvalue weighted by Crippen LogP contribution is 2.35. The summed E-state index contributed by atoms with van der Waals surface area (Å²) < 4.78 is 11.0. The van der Waals surface area contributed by atoms with Crippen molar-refractivity contribution in [1.29, 1.82) is 5.26 Å². The van der Waals surface area contributed by atoms with Gasteiger partial charge in [0, 0.05) is 81.5 Å². The summed E-state index contributed by atoms with van der Waals surface area (Å²) >= 11 is 0. The number of rotatable bonds is 9. The van der Waals surface area contributed by atoms with E-state index in [0.717, 1.165) is 70.6 Å². The molecule has 46 heavy (non-hydrogen) atoms. The van der Waals surface area contributed by atoms with Crippen LogP contribution in [0.1, 0.15) is 41.7 Å². The van der Waals surface area contributed by atoms with Gasteiger partial charge in [0.2, 0.25) is 0 Å². The van der Waals surface area contributed by atoms with E-state index >= 15 is 0 Å². The minimum absolute atomic E-state index is 0.0192. The van der Waals surface area contributed by atoms with E-state index in [4.69, 9.17) is 25.2 Å². The molecule has 0 saturated carbocycles. The molecule has 12 nitrogen and oxygen atoms in total. The van der Waals surface area contributed by atoms with Crippen molar-refractivity contribution in [2.45, 2.75) is 37.8 Å². The molecule has 0 spiro atoms. The molecular formula is C34H43N9O3. The monoisotopic (exact) mass is 625 g/mol. The van der Waals surface area contributed by atoms with E-state index in [1.54, 1.807) is 25.3 Å². The van der Waals surface area contributed by atoms with Gasteiger partial charge in [-0.25, -0.2) is 9.97 Å². The average Bonchev–Trinajstić information content (AvgIpc) is 3.09. The summed E-state index contributed by atoms with van der Waals surface area (Å²) in [6, 6.07) is 16.2. The summed E-state index contributed by atoms with van der Waals surface area (Å²) in [5, 5.41) is 16.7. The third kappa shape index (κ3) is 7.17. The normalized spacial score (nSPS) is 18.6. The minimum atomic E-state index is -0.727. The molecule has 12 heteroatoms. The molecule has 1 aromatic heterocycles. The van der Waals surface area contributed by atoms with Gasteiger partial charge < -0.3 is 35.6 Å². The van der Waals surface area contributed by atoms with Crippen LogP contribution >= 0.6 is 0 Å². The Balaban J connectivity index is 1.24. The van der Waals surface area contributed by atoms with E-state index in [0.29, 0.717) is 47.6 Å². The smallest absolute Gasteiger partial charge is 0.271 e. The van der Waals surface area contributed by atoms with Crippen molar-refractivity contribution in [2.75, 3.05) is 82.2 Å². The number of methoxy groups -OCH3 is 1. The lowest BCUT2D eigenvalue weighted by Crippen LogP contribution is -2.52. The maximum Gasteiger partial charge on any atom is 0.271 e. The Hall–Kier alpha value is -4.44. The second-order valence-electron chi connectivity index (χ2n) is 12.3. The van der Waals surface area contributed by atoms with Crippen molar-refractivity contribution in [3.05, 3.63) is 53.7 Å². The summed E-state index contributed by atoms with van der Waals surface area (Å²) in [4.78, 5) is 29.8. The summed E-state index contributed by atoms with van der Waals surface area (Å²) in [6.07, 6.45) is 3.91. The van der Waals surface area contributed by atoms with Crippen LogP contribution in [-0.2, 0) is 4.74 Å². The number of hydrogen-bond acceptors (Lipinski definition) is 11. The quantitative estimate of drug-likeness (QED) is 0.320. The molecule has 0 unspecified atom stereocenters. The first-order chi connectivity index (χ1) is 22.4. The molecule has 242 valence electrons. The first kappa shape index (κ1) is 31.5. The number of ether oxygens (including phenoxy) is 2. The van der Waals surface area contributed by atoms with Gasteiger partial charge in [-0.15, -0.1) is 0 Å². The number of anilines is 4. The topological polar surface area (TPSA) is 145 Å². The molecule has 3 aliphatic heterocycles. The van der Waals surface area contributed by atoms with Crippen LogP contribution in [0.4, 0.5) is 23.0 Å². The number of nitrogens with zero attached hydrogens (tertiary/aromatic N) is 6. The molecule has 1 amide bonds. The number of benzene rings is 2. The van der Waals surface area contributed by atoms with Crippen LogP contribution in [0.2, 0.25) is 0 Å². The van der Waals surface area contributed by atoms with Gasteiger partial charge in [0.1, 0.15) is 11.4 Å². The maximum atomic E-state index is 12.7. The first-order valence-corrected chi connectivity index (χ1v) is 16.1. The number of hydrogen-bond donors (Lipinski definition) is 3. The van der Waals surface area contributed by atoms with Crippen molar-refractivity contribution in [2.24, 2.45) is 5.73 Å². The van der Waals surface area contributed by atoms with Crippen molar-refractivity contribution in [3.8, 4) is 23.1 Å². The summed E-state index contributed by atoms with van der Waals surface area (Å²) in [7, 11) is 3.76. The van der Waals surface area contributed by atoms with E-state index in [2.05, 4.69) is 50.6 Å². The highest BCUT2D eigenvalue weighted by atomic mass is 16.5. The van der Waals surface area contributed by atoms with E-state index in [9.17, 15) is 10.1 Å². The zero-order valence-electron chi connectivity index (χ0n) is 26.7. The number of amides is 1. The van der Waals surface area contributed by atoms with E-state index in [1.165, 1.54) is 5.69 Å². The molecule has 6 rings (SSSR count). The summed E-state index contributed by atoms with van der Waals surface area (Å²) in [5.41, 5.74) is 9.00. The fourth-order valence-electron chi connectivity index (χ4n) is 6.53. The summed E-state index contributed by atoms with van der Waals surface area (Å²) in [5.74, 6) is 0.520. The lowest BCUT2D eigenvalue weighted by molar-refractivity contribution is 0.0904. The van der Waals surface area contributed by atoms with Crippen molar-refractivity contribution >= 4 is 28.9 Å². The van der Waals surface area contributed by atoms with Crippen LogP contribution < -0.4 is 26.0 Å². The molecule has 3 aliphatic rings. The van der Waals surface area contributed by atoms with Gasteiger partial charge in [-0.2, -0.15) is 5.26 Å². The number of piperidine rings is 1. The van der Waals surface area contributed by atoms with Crippen molar-refractivity contribution < 1.29 is 14.3 Å². The fourth-order valence-corrected chi connectivity index (χ4v) is 6.53. The predicted molar refractivity (Wildman–Crippen MR) is 179 cm³/mol. The lowest BCUT2D eigenvalue weighted by Gasteiger charge is -2.42. The SMILES string of the molecule is COc1ccc(C#N)c(-c2nc(C(N)=O)c(Nc3ccc(N4CCC(N5CCN(C)CC5)CC4)cc3)nc2NC2CCOCC2)c1. The molecule has 0 bridgehead atoms. The highest BCUT2D eigenvalue weighted by molar-refractivity contribution is 5.98. The number of piperazine rings is 1. The van der Waals surface area contributed by atoms with Gasteiger partial charge in [0.05, 0.1) is 18.7 Å². The molecule has 0 radical (unpaired) electrons. The third-order valence-corrected chi connectivity index (χ3v) is 9.31. The number of carbonyl (C=O) groups is 1. The Morgan fingerprint density at radius 2 is 1.70 bits per heavy atom. The molecule has 0 atom stereocenters. The molecule has 3 fully saturated rings. The van der Waals surface area contributed by atoms with Gasteiger partial charge >= 0.3 is 0 Å². The van der Waals surface area contributed by atoms with E-state index < -0.39 is 5.91 Å². The summed E-state index contributed by atoms with van der Waals surface area (Å²) in [6.45, 7) is 7.93. The Bertz CT molecular complexity index is 1550. The third-order valence-electron chi connectivity index (χ3n) is 9.31. The molecule has 3 aromatic rings. The number of carbonyl (C=O) groups excluding carboxylic acids is 1. The van der Waals surface area contributed by atoms with Crippen molar-refractivity contribution in [3.63, 3.8) is 0 Å². The van der Waals surface area contributed by atoms with Crippen LogP contribution in [0.25, 0.3) is 11.3 Å². The van der Waals surface area contributed by atoms with Crippen LogP contribution in [0, 0.1) is 11.3 Å². The fraction of sp³-hybridized carbons (Fsp3) is 0.471. The largest absolute Gasteiger partial charge is 0.497 e.